The molecule has 0 spiro atoms. The average Bonchev–Trinajstić information content (AvgIpc) is 3.61. The molecule has 0 aliphatic carbocycles. The number of amides is 2. The van der Waals surface area contributed by atoms with Gasteiger partial charge in [-0.2, -0.15) is 0 Å². The van der Waals surface area contributed by atoms with Crippen molar-refractivity contribution >= 4 is 27.6 Å². The lowest BCUT2D eigenvalue weighted by molar-refractivity contribution is 0.150. The van der Waals surface area contributed by atoms with E-state index in [2.05, 4.69) is 97.0 Å². The molecule has 2 aromatic heterocycles. The monoisotopic (exact) mass is 555 g/mol. The van der Waals surface area contributed by atoms with Crippen LogP contribution >= 0.6 is 15.9 Å². The van der Waals surface area contributed by atoms with E-state index < -0.39 is 0 Å². The number of fused-ring (bicyclic) bond motifs is 3. The second kappa shape index (κ2) is 9.30. The van der Waals surface area contributed by atoms with Crippen LogP contribution in [-0.2, 0) is 19.5 Å². The Hall–Kier alpha value is -3.16. The predicted molar refractivity (Wildman–Crippen MR) is 148 cm³/mol. The van der Waals surface area contributed by atoms with Gasteiger partial charge >= 0.3 is 6.03 Å². The van der Waals surface area contributed by atoms with Crippen molar-refractivity contribution in [3.8, 4) is 11.3 Å². The van der Waals surface area contributed by atoms with E-state index in [0.29, 0.717) is 11.8 Å². The Bertz CT molecular complexity index is 1450. The summed E-state index contributed by atoms with van der Waals surface area (Å²) in [5.41, 5.74) is 7.09. The topological polar surface area (TPSA) is 44.1 Å². The van der Waals surface area contributed by atoms with Crippen LogP contribution < -0.4 is 0 Å². The number of hydrogen-bond donors (Lipinski definition) is 0. The number of aromatic nitrogens is 2. The first kappa shape index (κ1) is 23.0. The highest BCUT2D eigenvalue weighted by molar-refractivity contribution is 9.10. The number of likely N-dealkylation sites (tertiary alicyclic amines) is 2. The van der Waals surface area contributed by atoms with Crippen LogP contribution in [-0.4, -0.2) is 62.8 Å². The summed E-state index contributed by atoms with van der Waals surface area (Å²) in [6, 6.07) is 23.4. The fraction of sp³-hybridized carbons (Fsp3) is 0.333. The SMILES string of the molecule is O=C(N1CCc2ccccc2C1)N1CC2CN(Cc3c(-c4ccc(Br)cc4)nc4ccccn34)CC2C1. The molecule has 0 radical (unpaired) electrons. The van der Waals surface area contributed by atoms with Crippen LogP contribution in [0.4, 0.5) is 4.79 Å². The number of carbonyl (C=O) groups is 1. The maximum absolute atomic E-state index is 13.4. The van der Waals surface area contributed by atoms with Crippen LogP contribution in [0.1, 0.15) is 16.8 Å². The van der Waals surface area contributed by atoms with Crippen LogP contribution in [0.25, 0.3) is 16.9 Å². The van der Waals surface area contributed by atoms with Gasteiger partial charge in [-0.15, -0.1) is 0 Å². The summed E-state index contributed by atoms with van der Waals surface area (Å²) in [4.78, 5) is 25.1. The third-order valence-corrected chi connectivity index (χ3v) is 8.88. The van der Waals surface area contributed by atoms with Gasteiger partial charge in [0.15, 0.2) is 0 Å². The number of pyridine rings is 1. The zero-order valence-electron chi connectivity index (χ0n) is 20.8. The predicted octanol–water partition coefficient (Wildman–Crippen LogP) is 5.31. The van der Waals surface area contributed by atoms with E-state index in [1.165, 1.54) is 16.8 Å². The van der Waals surface area contributed by atoms with Gasteiger partial charge in [-0.1, -0.05) is 58.4 Å². The largest absolute Gasteiger partial charge is 0.324 e. The number of hydrogen-bond acceptors (Lipinski definition) is 3. The lowest BCUT2D eigenvalue weighted by Gasteiger charge is -2.33. The summed E-state index contributed by atoms with van der Waals surface area (Å²) in [7, 11) is 0. The maximum Gasteiger partial charge on any atom is 0.320 e. The van der Waals surface area contributed by atoms with Gasteiger partial charge in [-0.05, 0) is 53.6 Å². The van der Waals surface area contributed by atoms with Gasteiger partial charge in [-0.25, -0.2) is 9.78 Å². The molecule has 3 aliphatic rings. The number of nitrogens with zero attached hydrogens (tertiary/aromatic N) is 5. The van der Waals surface area contributed by atoms with Crippen LogP contribution in [0.15, 0.2) is 77.4 Å². The van der Waals surface area contributed by atoms with Crippen molar-refractivity contribution in [3.63, 3.8) is 0 Å². The number of rotatable bonds is 3. The van der Waals surface area contributed by atoms with Gasteiger partial charge < -0.3 is 14.2 Å². The first-order chi connectivity index (χ1) is 18.1. The molecule has 2 unspecified atom stereocenters. The van der Waals surface area contributed by atoms with Crippen molar-refractivity contribution in [2.45, 2.75) is 19.5 Å². The summed E-state index contributed by atoms with van der Waals surface area (Å²) >= 11 is 3.55. The molecule has 4 aromatic rings. The average molecular weight is 557 g/mol. The lowest BCUT2D eigenvalue weighted by Crippen LogP contribution is -2.45. The molecule has 2 atom stereocenters. The van der Waals surface area contributed by atoms with E-state index >= 15 is 0 Å². The zero-order valence-corrected chi connectivity index (χ0v) is 22.3. The molecule has 0 saturated carbocycles. The smallest absolute Gasteiger partial charge is 0.320 e. The molecule has 2 saturated heterocycles. The Kier molecular flexibility index (Phi) is 5.78. The number of halogens is 1. The molecular weight excluding hydrogens is 526 g/mol. The molecule has 0 bridgehead atoms. The van der Waals surface area contributed by atoms with E-state index in [1.54, 1.807) is 0 Å². The summed E-state index contributed by atoms with van der Waals surface area (Å²) in [5.74, 6) is 1.08. The first-order valence-electron chi connectivity index (χ1n) is 13.2. The van der Waals surface area contributed by atoms with E-state index in [1.807, 2.05) is 11.0 Å². The first-order valence-corrected chi connectivity index (χ1v) is 14.0. The fourth-order valence-corrected chi connectivity index (χ4v) is 6.75. The van der Waals surface area contributed by atoms with Crippen molar-refractivity contribution in [2.75, 3.05) is 32.7 Å². The summed E-state index contributed by atoms with van der Waals surface area (Å²) < 4.78 is 3.30. The second-order valence-electron chi connectivity index (χ2n) is 10.7. The molecule has 2 fully saturated rings. The minimum Gasteiger partial charge on any atom is -0.324 e. The Morgan fingerprint density at radius 1 is 0.865 bits per heavy atom. The van der Waals surface area contributed by atoms with Crippen LogP contribution in [0.5, 0.6) is 0 Å². The number of imidazole rings is 1. The fourth-order valence-electron chi connectivity index (χ4n) is 6.48. The van der Waals surface area contributed by atoms with Crippen molar-refractivity contribution in [2.24, 2.45) is 11.8 Å². The van der Waals surface area contributed by atoms with Crippen LogP contribution in [0, 0.1) is 11.8 Å². The molecule has 3 aliphatic heterocycles. The van der Waals surface area contributed by atoms with Gasteiger partial charge in [0.05, 0.1) is 11.4 Å². The summed E-state index contributed by atoms with van der Waals surface area (Å²) in [6.07, 6.45) is 3.07. The van der Waals surface area contributed by atoms with Crippen LogP contribution in [0.3, 0.4) is 0 Å². The maximum atomic E-state index is 13.4. The third kappa shape index (κ3) is 4.24. The molecule has 5 heterocycles. The summed E-state index contributed by atoms with van der Waals surface area (Å²) in [5, 5.41) is 0. The molecule has 188 valence electrons. The minimum atomic E-state index is 0.217. The highest BCUT2D eigenvalue weighted by Gasteiger charge is 2.43. The zero-order chi connectivity index (χ0) is 24.9. The Balaban J connectivity index is 1.05. The Labute approximate surface area is 225 Å². The molecule has 2 aromatic carbocycles. The molecule has 2 amide bonds. The van der Waals surface area contributed by atoms with Crippen LogP contribution in [0.2, 0.25) is 0 Å². The molecule has 37 heavy (non-hydrogen) atoms. The van der Waals surface area contributed by atoms with E-state index in [4.69, 9.17) is 4.98 Å². The number of urea groups is 1. The Morgan fingerprint density at radius 3 is 2.38 bits per heavy atom. The second-order valence-corrected chi connectivity index (χ2v) is 11.6. The van der Waals surface area contributed by atoms with Gasteiger partial charge in [0.1, 0.15) is 5.65 Å². The molecular formula is C30H30BrN5O. The molecule has 7 rings (SSSR count). The molecule has 6 nitrogen and oxygen atoms in total. The number of carbonyl (C=O) groups excluding carboxylic acids is 1. The van der Waals surface area contributed by atoms with Crippen molar-refractivity contribution < 1.29 is 4.79 Å². The highest BCUT2D eigenvalue weighted by Crippen LogP contribution is 2.35. The molecule has 0 N–H and O–H groups in total. The summed E-state index contributed by atoms with van der Waals surface area (Å²) in [6.45, 7) is 6.20. The third-order valence-electron chi connectivity index (χ3n) is 8.35. The van der Waals surface area contributed by atoms with Gasteiger partial charge in [0, 0.05) is 62.0 Å². The van der Waals surface area contributed by atoms with Gasteiger partial charge in [-0.3, -0.25) is 4.90 Å². The highest BCUT2D eigenvalue weighted by atomic mass is 79.9. The van der Waals surface area contributed by atoms with Gasteiger partial charge in [0.25, 0.3) is 0 Å². The lowest BCUT2D eigenvalue weighted by atomic mass is 10.0. The Morgan fingerprint density at radius 2 is 1.59 bits per heavy atom. The molecule has 7 heteroatoms. The number of benzene rings is 2. The van der Waals surface area contributed by atoms with E-state index in [-0.39, 0.29) is 6.03 Å². The minimum absolute atomic E-state index is 0.217. The van der Waals surface area contributed by atoms with Crippen molar-refractivity contribution in [3.05, 3.63) is 94.2 Å². The standard InChI is InChI=1S/C30H30BrN5O/c31-26-10-8-22(9-11-26)29-27(36-13-4-3-7-28(36)32-29)20-33-15-24-18-35(19-25(24)16-33)30(37)34-14-12-21-5-1-2-6-23(21)17-34/h1-11,13,24-25H,12,14-20H2. The quantitative estimate of drug-likeness (QED) is 0.344. The van der Waals surface area contributed by atoms with Gasteiger partial charge in [0.2, 0.25) is 0 Å². The van der Waals surface area contributed by atoms with E-state index in [0.717, 1.165) is 73.6 Å². The van der Waals surface area contributed by atoms with E-state index in [9.17, 15) is 4.79 Å². The van der Waals surface area contributed by atoms with Crippen molar-refractivity contribution in [1.82, 2.24) is 24.1 Å². The normalized spacial score (nSPS) is 21.4. The van der Waals surface area contributed by atoms with Crippen molar-refractivity contribution in [1.29, 1.82) is 0 Å².